The third kappa shape index (κ3) is 3.10. The van der Waals surface area contributed by atoms with E-state index < -0.39 is 0 Å². The lowest BCUT2D eigenvalue weighted by molar-refractivity contribution is -0.145. The van der Waals surface area contributed by atoms with Crippen LogP contribution in [-0.2, 0) is 9.53 Å². The number of rotatable bonds is 3. The van der Waals surface area contributed by atoms with Crippen molar-refractivity contribution in [1.29, 1.82) is 0 Å². The molecule has 0 aromatic heterocycles. The Morgan fingerprint density at radius 3 is 2.90 bits per heavy atom. The van der Waals surface area contributed by atoms with Gasteiger partial charge < -0.3 is 4.74 Å². The predicted octanol–water partition coefficient (Wildman–Crippen LogP) is 1.53. The summed E-state index contributed by atoms with van der Waals surface area (Å²) in [6.45, 7) is 7.31. The molecule has 0 N–H and O–H groups in total. The minimum atomic E-state index is -0.225. The molecule has 2 nitrogen and oxygen atoms in total. The lowest BCUT2D eigenvalue weighted by Gasteiger charge is -2.02. The molecule has 0 saturated carbocycles. The molecule has 10 heavy (non-hydrogen) atoms. The fraction of sp³-hybridized carbons (Fsp3) is 0.500. The van der Waals surface area contributed by atoms with Crippen molar-refractivity contribution in [3.63, 3.8) is 0 Å². The second kappa shape index (κ2) is 4.83. The summed E-state index contributed by atoms with van der Waals surface area (Å²) in [6.07, 6.45) is 1.58. The maximum Gasteiger partial charge on any atom is 0.313 e. The van der Waals surface area contributed by atoms with Gasteiger partial charge in [-0.2, -0.15) is 0 Å². The van der Waals surface area contributed by atoms with Crippen molar-refractivity contribution in [2.45, 2.75) is 13.8 Å². The smallest absolute Gasteiger partial charge is 0.313 e. The van der Waals surface area contributed by atoms with Crippen molar-refractivity contribution in [1.82, 2.24) is 0 Å². The van der Waals surface area contributed by atoms with E-state index in [1.54, 1.807) is 19.9 Å². The highest BCUT2D eigenvalue weighted by Gasteiger charge is 2.08. The van der Waals surface area contributed by atoms with E-state index in [-0.39, 0.29) is 11.9 Å². The van der Waals surface area contributed by atoms with Crippen LogP contribution in [0.5, 0.6) is 0 Å². The highest BCUT2D eigenvalue weighted by atomic mass is 16.5. The van der Waals surface area contributed by atoms with E-state index >= 15 is 0 Å². The van der Waals surface area contributed by atoms with E-state index in [9.17, 15) is 4.79 Å². The number of hydrogen-bond acceptors (Lipinski definition) is 2. The average molecular weight is 140 g/mol. The molecule has 0 bridgehead atoms. The van der Waals surface area contributed by atoms with Gasteiger partial charge in [0.05, 0.1) is 12.5 Å². The van der Waals surface area contributed by atoms with Crippen molar-refractivity contribution in [2.24, 2.45) is 5.92 Å². The van der Waals surface area contributed by atoms with Crippen molar-refractivity contribution < 1.29 is 9.53 Å². The maximum absolute atomic E-state index is 10.8. The fourth-order valence-corrected chi connectivity index (χ4v) is 0.519. The summed E-state index contributed by atoms with van der Waals surface area (Å²) >= 11 is 0. The zero-order valence-electron chi connectivity index (χ0n) is 6.39. The van der Waals surface area contributed by atoms with Gasteiger partial charge in [0.1, 0.15) is 0 Å². The van der Waals surface area contributed by atoms with E-state index in [2.05, 4.69) is 12.3 Å². The van der Waals surface area contributed by atoms with Crippen LogP contribution in [0.15, 0.2) is 18.4 Å². The molecular weight excluding hydrogens is 128 g/mol. The SMILES string of the molecule is C=C=C[C@H](C)C(=O)OCC. The molecule has 0 fully saturated rings. The third-order valence-corrected chi connectivity index (χ3v) is 1.03. The van der Waals surface area contributed by atoms with Gasteiger partial charge in [0.15, 0.2) is 0 Å². The van der Waals surface area contributed by atoms with Gasteiger partial charge in [0, 0.05) is 0 Å². The molecule has 0 saturated heterocycles. The van der Waals surface area contributed by atoms with Gasteiger partial charge in [-0.1, -0.05) is 6.58 Å². The Kier molecular flexibility index (Phi) is 4.34. The minimum absolute atomic E-state index is 0.223. The first-order valence-electron chi connectivity index (χ1n) is 3.25. The zero-order valence-corrected chi connectivity index (χ0v) is 6.39. The molecule has 56 valence electrons. The molecule has 0 amide bonds. The summed E-state index contributed by atoms with van der Waals surface area (Å²) in [5.41, 5.74) is 2.53. The van der Waals surface area contributed by atoms with Crippen LogP contribution >= 0.6 is 0 Å². The Balaban J connectivity index is 3.81. The molecule has 0 heterocycles. The van der Waals surface area contributed by atoms with Gasteiger partial charge >= 0.3 is 5.97 Å². The summed E-state index contributed by atoms with van der Waals surface area (Å²) in [4.78, 5) is 10.8. The van der Waals surface area contributed by atoms with Gasteiger partial charge in [-0.3, -0.25) is 4.79 Å². The maximum atomic E-state index is 10.8. The quantitative estimate of drug-likeness (QED) is 0.439. The molecule has 0 aliphatic heterocycles. The number of ether oxygens (including phenoxy) is 1. The van der Waals surface area contributed by atoms with Crippen LogP contribution in [0.1, 0.15) is 13.8 Å². The average Bonchev–Trinajstić information content (AvgIpc) is 1.89. The van der Waals surface area contributed by atoms with Gasteiger partial charge in [0.25, 0.3) is 0 Å². The first kappa shape index (κ1) is 8.99. The lowest BCUT2D eigenvalue weighted by atomic mass is 10.2. The predicted molar refractivity (Wildman–Crippen MR) is 39.5 cm³/mol. The normalized spacial score (nSPS) is 11.4. The van der Waals surface area contributed by atoms with Gasteiger partial charge in [-0.15, -0.1) is 5.73 Å². The van der Waals surface area contributed by atoms with E-state index in [1.165, 1.54) is 0 Å². The van der Waals surface area contributed by atoms with Gasteiger partial charge in [-0.05, 0) is 19.9 Å². The Morgan fingerprint density at radius 1 is 1.90 bits per heavy atom. The first-order valence-corrected chi connectivity index (χ1v) is 3.25. The second-order valence-electron chi connectivity index (χ2n) is 1.91. The lowest BCUT2D eigenvalue weighted by Crippen LogP contribution is -2.11. The van der Waals surface area contributed by atoms with E-state index in [1.807, 2.05) is 0 Å². The molecule has 0 aliphatic rings. The van der Waals surface area contributed by atoms with Crippen LogP contribution in [0.3, 0.4) is 0 Å². The summed E-state index contributed by atoms with van der Waals surface area (Å²) in [5, 5.41) is 0. The fourth-order valence-electron chi connectivity index (χ4n) is 0.519. The Labute approximate surface area is 61.2 Å². The van der Waals surface area contributed by atoms with Crippen LogP contribution in [0, 0.1) is 5.92 Å². The van der Waals surface area contributed by atoms with Gasteiger partial charge in [0.2, 0.25) is 0 Å². The largest absolute Gasteiger partial charge is 0.466 e. The molecule has 0 aliphatic carbocycles. The van der Waals surface area contributed by atoms with Crippen molar-refractivity contribution in [3.8, 4) is 0 Å². The molecule has 0 unspecified atom stereocenters. The van der Waals surface area contributed by atoms with Gasteiger partial charge in [-0.25, -0.2) is 0 Å². The van der Waals surface area contributed by atoms with Crippen molar-refractivity contribution >= 4 is 5.97 Å². The molecule has 1 atom stereocenters. The summed E-state index contributed by atoms with van der Waals surface area (Å²) < 4.78 is 4.72. The topological polar surface area (TPSA) is 26.3 Å². The number of carbonyl (C=O) groups is 1. The summed E-state index contributed by atoms with van der Waals surface area (Å²) in [6, 6.07) is 0. The first-order chi connectivity index (χ1) is 4.72. The monoisotopic (exact) mass is 140 g/mol. The molecule has 0 spiro atoms. The van der Waals surface area contributed by atoms with Crippen LogP contribution < -0.4 is 0 Å². The Morgan fingerprint density at radius 2 is 2.50 bits per heavy atom. The highest BCUT2D eigenvalue weighted by Crippen LogP contribution is 1.98. The summed E-state index contributed by atoms with van der Waals surface area (Å²) in [5.74, 6) is -0.448. The minimum Gasteiger partial charge on any atom is -0.466 e. The number of hydrogen-bond donors (Lipinski definition) is 0. The van der Waals surface area contributed by atoms with E-state index in [0.29, 0.717) is 6.61 Å². The molecule has 0 rings (SSSR count). The van der Waals surface area contributed by atoms with Crippen molar-refractivity contribution in [3.05, 3.63) is 18.4 Å². The summed E-state index contributed by atoms with van der Waals surface area (Å²) in [7, 11) is 0. The van der Waals surface area contributed by atoms with Crippen LogP contribution in [-0.4, -0.2) is 12.6 Å². The second-order valence-corrected chi connectivity index (χ2v) is 1.91. The van der Waals surface area contributed by atoms with E-state index in [0.717, 1.165) is 0 Å². The van der Waals surface area contributed by atoms with Crippen LogP contribution in [0.25, 0.3) is 0 Å². The third-order valence-electron chi connectivity index (χ3n) is 1.03. The molecule has 0 radical (unpaired) electrons. The standard InChI is InChI=1S/C8H12O2/c1-4-6-7(3)8(9)10-5-2/h6-7H,1,5H2,2-3H3/t7-/m0/s1. The van der Waals surface area contributed by atoms with E-state index in [4.69, 9.17) is 4.74 Å². The number of esters is 1. The van der Waals surface area contributed by atoms with Crippen LogP contribution in [0.4, 0.5) is 0 Å². The number of carbonyl (C=O) groups excluding carboxylic acids is 1. The molecule has 0 aromatic rings. The highest BCUT2D eigenvalue weighted by molar-refractivity contribution is 5.73. The molecule has 0 aromatic carbocycles. The van der Waals surface area contributed by atoms with Crippen molar-refractivity contribution in [2.75, 3.05) is 6.61 Å². The van der Waals surface area contributed by atoms with Crippen LogP contribution in [0.2, 0.25) is 0 Å². The Bertz CT molecular complexity index is 155. The zero-order chi connectivity index (χ0) is 7.98. The molecule has 2 heteroatoms. The molecular formula is C8H12O2. The Hall–Kier alpha value is -1.01.